The number of aromatic nitrogens is 1. The molecule has 1 aliphatic heterocycles. The number of nitriles is 1. The van der Waals surface area contributed by atoms with Gasteiger partial charge in [-0.1, -0.05) is 19.9 Å². The molecule has 3 rings (SSSR count). The molecule has 1 aromatic carbocycles. The quantitative estimate of drug-likeness (QED) is 0.584. The van der Waals surface area contributed by atoms with Gasteiger partial charge in [-0.05, 0) is 36.6 Å². The molecular weight excluding hydrogens is 432 g/mol. The van der Waals surface area contributed by atoms with E-state index in [4.69, 9.17) is 19.2 Å². The Morgan fingerprint density at radius 3 is 2.50 bits per heavy atom. The summed E-state index contributed by atoms with van der Waals surface area (Å²) < 4.78 is 15.9. The summed E-state index contributed by atoms with van der Waals surface area (Å²) in [5.41, 5.74) is 3.24. The molecule has 0 spiro atoms. The van der Waals surface area contributed by atoms with Gasteiger partial charge < -0.3 is 24.0 Å². The number of carbonyl (C=O) groups is 1. The van der Waals surface area contributed by atoms with E-state index in [1.807, 2.05) is 36.1 Å². The van der Waals surface area contributed by atoms with E-state index in [-0.39, 0.29) is 17.9 Å². The topological polar surface area (TPSA) is 87.9 Å². The normalized spacial score (nSPS) is 15.9. The van der Waals surface area contributed by atoms with E-state index in [1.54, 1.807) is 21.3 Å². The summed E-state index contributed by atoms with van der Waals surface area (Å²) in [4.78, 5) is 21.5. The SMILES string of the molecule is COCCC(=O)N1CCN(c2nc(C(C)C)c(-c3ccc(OC)c(OC)c3)cc2C#N)C[C@H]1C. The first-order valence-corrected chi connectivity index (χ1v) is 11.5. The van der Waals surface area contributed by atoms with Crippen LogP contribution in [0.25, 0.3) is 11.1 Å². The number of pyridine rings is 1. The van der Waals surface area contributed by atoms with Gasteiger partial charge in [0.2, 0.25) is 5.91 Å². The number of carbonyl (C=O) groups excluding carboxylic acids is 1. The lowest BCUT2D eigenvalue weighted by Crippen LogP contribution is -2.54. The van der Waals surface area contributed by atoms with Crippen molar-refractivity contribution in [1.82, 2.24) is 9.88 Å². The Bertz CT molecular complexity index is 1060. The van der Waals surface area contributed by atoms with Gasteiger partial charge in [-0.2, -0.15) is 5.26 Å². The highest BCUT2D eigenvalue weighted by Gasteiger charge is 2.30. The van der Waals surface area contributed by atoms with Crippen molar-refractivity contribution in [3.05, 3.63) is 35.5 Å². The Labute approximate surface area is 202 Å². The van der Waals surface area contributed by atoms with E-state index in [0.717, 1.165) is 16.8 Å². The predicted octanol–water partition coefficient (Wildman–Crippen LogP) is 3.83. The number of benzene rings is 1. The zero-order valence-corrected chi connectivity index (χ0v) is 20.9. The molecule has 8 heteroatoms. The zero-order valence-electron chi connectivity index (χ0n) is 20.9. The number of amides is 1. The van der Waals surface area contributed by atoms with Crippen molar-refractivity contribution < 1.29 is 19.0 Å². The van der Waals surface area contributed by atoms with Crippen LogP contribution in [0.5, 0.6) is 11.5 Å². The van der Waals surface area contributed by atoms with E-state index in [1.165, 1.54) is 0 Å². The molecule has 1 amide bonds. The first-order chi connectivity index (χ1) is 16.3. The van der Waals surface area contributed by atoms with Crippen LogP contribution in [0.3, 0.4) is 0 Å². The average molecular weight is 467 g/mol. The molecule has 182 valence electrons. The van der Waals surface area contributed by atoms with Crippen molar-refractivity contribution in [3.8, 4) is 28.7 Å². The molecule has 0 N–H and O–H groups in total. The minimum atomic E-state index is 0.0134. The van der Waals surface area contributed by atoms with Crippen molar-refractivity contribution >= 4 is 11.7 Å². The first kappa shape index (κ1) is 25.3. The third kappa shape index (κ3) is 5.26. The molecule has 0 radical (unpaired) electrons. The lowest BCUT2D eigenvalue weighted by Gasteiger charge is -2.41. The number of anilines is 1. The molecule has 0 unspecified atom stereocenters. The van der Waals surface area contributed by atoms with Gasteiger partial charge in [0.15, 0.2) is 11.5 Å². The number of hydrogen-bond acceptors (Lipinski definition) is 7. The maximum absolute atomic E-state index is 12.5. The second-order valence-corrected chi connectivity index (χ2v) is 8.75. The van der Waals surface area contributed by atoms with Gasteiger partial charge in [0.1, 0.15) is 11.9 Å². The van der Waals surface area contributed by atoms with E-state index >= 15 is 0 Å². The van der Waals surface area contributed by atoms with Crippen molar-refractivity contribution in [3.63, 3.8) is 0 Å². The number of ether oxygens (including phenoxy) is 3. The van der Waals surface area contributed by atoms with Crippen LogP contribution in [0, 0.1) is 11.3 Å². The molecule has 1 fully saturated rings. The van der Waals surface area contributed by atoms with Gasteiger partial charge in [0, 0.05) is 38.3 Å². The molecule has 1 saturated heterocycles. The Hall–Kier alpha value is -3.31. The van der Waals surface area contributed by atoms with Crippen LogP contribution in [-0.4, -0.2) is 69.4 Å². The van der Waals surface area contributed by atoms with Crippen LogP contribution in [0.15, 0.2) is 24.3 Å². The lowest BCUT2D eigenvalue weighted by atomic mass is 9.95. The van der Waals surface area contributed by atoms with Crippen LogP contribution in [0.4, 0.5) is 5.82 Å². The number of hydrogen-bond donors (Lipinski definition) is 0. The number of nitrogens with zero attached hydrogens (tertiary/aromatic N) is 4. The highest BCUT2D eigenvalue weighted by atomic mass is 16.5. The Morgan fingerprint density at radius 2 is 1.91 bits per heavy atom. The highest BCUT2D eigenvalue weighted by Crippen LogP contribution is 2.37. The fraction of sp³-hybridized carbons (Fsp3) is 0.500. The van der Waals surface area contributed by atoms with Crippen LogP contribution in [0.2, 0.25) is 0 Å². The average Bonchev–Trinajstić information content (AvgIpc) is 2.85. The highest BCUT2D eigenvalue weighted by molar-refractivity contribution is 5.77. The molecule has 2 heterocycles. The standard InChI is InChI=1S/C26H34N4O4/c1-17(2)25-21(19-7-8-22(33-5)23(14-19)34-6)13-20(15-27)26(28-25)29-10-11-30(18(3)16-29)24(31)9-12-32-4/h7-8,13-14,17-18H,9-12,16H2,1-6H3/t18-/m1/s1. The minimum absolute atomic E-state index is 0.0134. The molecule has 8 nitrogen and oxygen atoms in total. The van der Waals surface area contributed by atoms with Gasteiger partial charge in [-0.15, -0.1) is 0 Å². The van der Waals surface area contributed by atoms with E-state index in [9.17, 15) is 10.1 Å². The molecule has 1 aliphatic rings. The third-order valence-corrected chi connectivity index (χ3v) is 6.16. The molecule has 2 aromatic rings. The van der Waals surface area contributed by atoms with Crippen molar-refractivity contribution in [1.29, 1.82) is 5.26 Å². The number of methoxy groups -OCH3 is 3. The molecule has 34 heavy (non-hydrogen) atoms. The molecule has 1 atom stereocenters. The van der Waals surface area contributed by atoms with Gasteiger partial charge in [-0.25, -0.2) is 4.98 Å². The third-order valence-electron chi connectivity index (χ3n) is 6.16. The molecule has 0 aliphatic carbocycles. The van der Waals surface area contributed by atoms with Gasteiger partial charge in [0.05, 0.1) is 38.5 Å². The van der Waals surface area contributed by atoms with Crippen molar-refractivity contribution in [2.24, 2.45) is 0 Å². The summed E-state index contributed by atoms with van der Waals surface area (Å²) in [5, 5.41) is 10.00. The molecule has 0 bridgehead atoms. The first-order valence-electron chi connectivity index (χ1n) is 11.5. The summed E-state index contributed by atoms with van der Waals surface area (Å²) in [6.07, 6.45) is 0.375. The number of piperazine rings is 1. The van der Waals surface area contributed by atoms with E-state index in [0.29, 0.717) is 55.5 Å². The van der Waals surface area contributed by atoms with Gasteiger partial charge >= 0.3 is 0 Å². The fourth-order valence-electron chi connectivity index (χ4n) is 4.37. The summed E-state index contributed by atoms with van der Waals surface area (Å²) in [7, 11) is 4.81. The summed E-state index contributed by atoms with van der Waals surface area (Å²) in [6, 6.07) is 10.00. The maximum atomic E-state index is 12.5. The van der Waals surface area contributed by atoms with Gasteiger partial charge in [0.25, 0.3) is 0 Å². The second-order valence-electron chi connectivity index (χ2n) is 8.75. The number of rotatable bonds is 8. The van der Waals surface area contributed by atoms with Crippen molar-refractivity contribution in [2.45, 2.75) is 39.2 Å². The van der Waals surface area contributed by atoms with Crippen LogP contribution in [-0.2, 0) is 9.53 Å². The largest absolute Gasteiger partial charge is 0.493 e. The molecular formula is C26H34N4O4. The minimum Gasteiger partial charge on any atom is -0.493 e. The van der Waals surface area contributed by atoms with Crippen LogP contribution >= 0.6 is 0 Å². The molecule has 1 aromatic heterocycles. The zero-order chi connectivity index (χ0) is 24.8. The van der Waals surface area contributed by atoms with E-state index < -0.39 is 0 Å². The monoisotopic (exact) mass is 466 g/mol. The smallest absolute Gasteiger partial charge is 0.225 e. The fourth-order valence-corrected chi connectivity index (χ4v) is 4.37. The Balaban J connectivity index is 1.96. The van der Waals surface area contributed by atoms with Crippen molar-refractivity contribution in [2.75, 3.05) is 52.5 Å². The van der Waals surface area contributed by atoms with Gasteiger partial charge in [-0.3, -0.25) is 4.79 Å². The Kier molecular flexibility index (Phi) is 8.35. The summed E-state index contributed by atoms with van der Waals surface area (Å²) >= 11 is 0. The van der Waals surface area contributed by atoms with Crippen LogP contribution < -0.4 is 14.4 Å². The second kappa shape index (κ2) is 11.2. The Morgan fingerprint density at radius 1 is 1.18 bits per heavy atom. The summed E-state index contributed by atoms with van der Waals surface area (Å²) in [6.45, 7) is 8.47. The maximum Gasteiger partial charge on any atom is 0.225 e. The molecule has 0 saturated carbocycles. The van der Waals surface area contributed by atoms with E-state index in [2.05, 4.69) is 24.8 Å². The summed E-state index contributed by atoms with van der Waals surface area (Å²) in [5.74, 6) is 2.18. The van der Waals surface area contributed by atoms with Crippen LogP contribution in [0.1, 0.15) is 44.4 Å². The lowest BCUT2D eigenvalue weighted by molar-refractivity contribution is -0.134. The predicted molar refractivity (Wildman–Crippen MR) is 131 cm³/mol.